The number of pyridine rings is 1. The maximum atomic E-state index is 14.1. The van der Waals surface area contributed by atoms with E-state index in [0.29, 0.717) is 10.1 Å². The zero-order valence-electron chi connectivity index (χ0n) is 9.21. The highest BCUT2D eigenvalue weighted by Gasteiger charge is 2.18. The number of hydrogen-bond acceptors (Lipinski definition) is 3. The van der Waals surface area contributed by atoms with Gasteiger partial charge in [-0.3, -0.25) is 0 Å². The van der Waals surface area contributed by atoms with Crippen molar-refractivity contribution in [3.05, 3.63) is 40.4 Å². The zero-order chi connectivity index (χ0) is 13.1. The second-order valence-electron chi connectivity index (χ2n) is 4.08. The number of thiophene rings is 2. The predicted molar refractivity (Wildman–Crippen MR) is 77.4 cm³/mol. The van der Waals surface area contributed by atoms with Crippen LogP contribution in [0, 0.1) is 11.6 Å². The molecule has 6 heteroatoms. The molecule has 0 saturated heterocycles. The van der Waals surface area contributed by atoms with Crippen molar-refractivity contribution in [3.63, 3.8) is 0 Å². The third-order valence-electron chi connectivity index (χ3n) is 3.05. The number of fused-ring (bicyclic) bond motifs is 5. The van der Waals surface area contributed by atoms with Gasteiger partial charge in [0.1, 0.15) is 22.3 Å². The molecule has 0 radical (unpaired) electrons. The number of aromatic nitrogens is 1. The van der Waals surface area contributed by atoms with Crippen LogP contribution in [0.2, 0.25) is 5.15 Å². The van der Waals surface area contributed by atoms with E-state index in [2.05, 4.69) is 4.98 Å². The third-order valence-corrected chi connectivity index (χ3v) is 5.68. The van der Waals surface area contributed by atoms with Crippen LogP contribution in [0.15, 0.2) is 23.6 Å². The highest BCUT2D eigenvalue weighted by molar-refractivity contribution is 7.41. The summed E-state index contributed by atoms with van der Waals surface area (Å²) in [5.74, 6) is -1.04. The Balaban J connectivity index is 2.44. The van der Waals surface area contributed by atoms with Crippen molar-refractivity contribution < 1.29 is 8.78 Å². The van der Waals surface area contributed by atoms with Crippen LogP contribution in [0.5, 0.6) is 0 Å². The summed E-state index contributed by atoms with van der Waals surface area (Å²) in [5, 5.41) is 3.93. The molecular weight excluding hydrogens is 308 g/mol. The highest BCUT2D eigenvalue weighted by atomic mass is 35.5. The minimum absolute atomic E-state index is 0.0107. The monoisotopic (exact) mass is 311 g/mol. The maximum absolute atomic E-state index is 14.1. The van der Waals surface area contributed by atoms with E-state index in [9.17, 15) is 8.78 Å². The molecule has 1 aromatic carbocycles. The Hall–Kier alpha value is -1.30. The van der Waals surface area contributed by atoms with Gasteiger partial charge < -0.3 is 0 Å². The summed E-state index contributed by atoms with van der Waals surface area (Å²) < 4.78 is 29.7. The first-order chi connectivity index (χ1) is 9.16. The Morgan fingerprint density at radius 2 is 1.84 bits per heavy atom. The average Bonchev–Trinajstić information content (AvgIpc) is 2.95. The molecule has 0 fully saturated rings. The van der Waals surface area contributed by atoms with Crippen LogP contribution in [-0.2, 0) is 0 Å². The molecule has 3 heterocycles. The van der Waals surface area contributed by atoms with E-state index in [0.717, 1.165) is 21.5 Å². The van der Waals surface area contributed by atoms with E-state index in [4.69, 9.17) is 11.6 Å². The average molecular weight is 312 g/mol. The molecule has 4 rings (SSSR count). The van der Waals surface area contributed by atoms with Gasteiger partial charge in [0.15, 0.2) is 0 Å². The van der Waals surface area contributed by atoms with Gasteiger partial charge in [-0.1, -0.05) is 11.6 Å². The van der Waals surface area contributed by atoms with Crippen LogP contribution in [0.25, 0.3) is 30.4 Å². The van der Waals surface area contributed by atoms with Crippen LogP contribution in [0.4, 0.5) is 8.78 Å². The van der Waals surface area contributed by atoms with Crippen molar-refractivity contribution in [2.75, 3.05) is 0 Å². The van der Waals surface area contributed by atoms with Crippen LogP contribution < -0.4 is 0 Å². The molecule has 4 aromatic rings. The second kappa shape index (κ2) is 3.85. The Kier molecular flexibility index (Phi) is 2.33. The number of rotatable bonds is 0. The van der Waals surface area contributed by atoms with Crippen molar-refractivity contribution in [1.29, 1.82) is 0 Å². The highest BCUT2D eigenvalue weighted by Crippen LogP contribution is 2.44. The maximum Gasteiger partial charge on any atom is 0.149 e. The molecule has 0 N–H and O–H groups in total. The van der Waals surface area contributed by atoms with E-state index in [1.165, 1.54) is 11.3 Å². The van der Waals surface area contributed by atoms with Gasteiger partial charge in [0, 0.05) is 16.2 Å². The Morgan fingerprint density at radius 1 is 1.05 bits per heavy atom. The number of hydrogen-bond donors (Lipinski definition) is 0. The Bertz CT molecular complexity index is 958. The van der Waals surface area contributed by atoms with Crippen LogP contribution in [0.3, 0.4) is 0 Å². The molecule has 0 spiro atoms. The lowest BCUT2D eigenvalue weighted by Gasteiger charge is -2.04. The summed E-state index contributed by atoms with van der Waals surface area (Å²) in [6.45, 7) is 0. The predicted octanol–water partition coefficient (Wildman–Crippen LogP) is 5.60. The molecule has 94 valence electrons. The fraction of sp³-hybridized carbons (Fsp3) is 0. The zero-order valence-corrected chi connectivity index (χ0v) is 11.6. The normalized spacial score (nSPS) is 11.9. The second-order valence-corrected chi connectivity index (χ2v) is 6.64. The Labute approximate surface area is 119 Å². The van der Waals surface area contributed by atoms with E-state index < -0.39 is 11.6 Å². The largest absolute Gasteiger partial charge is 0.231 e. The summed E-state index contributed by atoms with van der Waals surface area (Å²) in [4.78, 5) is 4.00. The van der Waals surface area contributed by atoms with Crippen molar-refractivity contribution in [2.45, 2.75) is 0 Å². The van der Waals surface area contributed by atoms with Crippen molar-refractivity contribution in [2.24, 2.45) is 0 Å². The number of halogens is 3. The minimum Gasteiger partial charge on any atom is -0.231 e. The third kappa shape index (κ3) is 1.46. The van der Waals surface area contributed by atoms with Crippen LogP contribution in [0.1, 0.15) is 0 Å². The van der Waals surface area contributed by atoms with E-state index >= 15 is 0 Å². The van der Waals surface area contributed by atoms with E-state index in [-0.39, 0.29) is 16.1 Å². The standard InChI is InChI=1S/C13H4ClF2NS2/c14-12-11-8(5-3-4-18-13(5)19-11)9-6(15)1-2-7(16)10(9)17-12/h1-4H. The van der Waals surface area contributed by atoms with Gasteiger partial charge >= 0.3 is 0 Å². The van der Waals surface area contributed by atoms with Crippen LogP contribution in [-0.4, -0.2) is 4.98 Å². The SMILES string of the molecule is Fc1ccc(F)c2c1nc(Cl)c1sc3sccc3c12. The van der Waals surface area contributed by atoms with E-state index in [1.807, 2.05) is 11.4 Å². The van der Waals surface area contributed by atoms with Gasteiger partial charge in [0.2, 0.25) is 0 Å². The fourth-order valence-corrected chi connectivity index (χ4v) is 4.69. The molecule has 0 bridgehead atoms. The lowest BCUT2D eigenvalue weighted by Crippen LogP contribution is -1.89. The summed E-state index contributed by atoms with van der Waals surface area (Å²) in [7, 11) is 0. The van der Waals surface area contributed by atoms with Crippen LogP contribution >= 0.6 is 34.3 Å². The lowest BCUT2D eigenvalue weighted by molar-refractivity contribution is 0.616. The molecule has 19 heavy (non-hydrogen) atoms. The van der Waals surface area contributed by atoms with Crippen molar-refractivity contribution >= 4 is 64.7 Å². The molecule has 0 aliphatic rings. The van der Waals surface area contributed by atoms with Crippen molar-refractivity contribution in [3.8, 4) is 0 Å². The summed E-state index contributed by atoms with van der Waals surface area (Å²) in [5.41, 5.74) is -0.0107. The summed E-state index contributed by atoms with van der Waals surface area (Å²) >= 11 is 9.12. The molecule has 0 aliphatic heterocycles. The number of nitrogens with zero attached hydrogens (tertiary/aromatic N) is 1. The Morgan fingerprint density at radius 3 is 2.68 bits per heavy atom. The van der Waals surface area contributed by atoms with Gasteiger partial charge in [-0.05, 0) is 23.6 Å². The lowest BCUT2D eigenvalue weighted by atomic mass is 10.1. The molecule has 0 saturated carbocycles. The molecule has 0 aliphatic carbocycles. The van der Waals surface area contributed by atoms with Gasteiger partial charge in [0.25, 0.3) is 0 Å². The molecular formula is C13H4ClF2NS2. The smallest absolute Gasteiger partial charge is 0.149 e. The summed E-state index contributed by atoms with van der Waals surface area (Å²) in [6, 6.07) is 4.10. The quantitative estimate of drug-likeness (QED) is 0.385. The fourth-order valence-electron chi connectivity index (χ4n) is 2.26. The van der Waals surface area contributed by atoms with Crippen molar-refractivity contribution in [1.82, 2.24) is 4.98 Å². The molecule has 0 unspecified atom stereocenters. The van der Waals surface area contributed by atoms with Gasteiger partial charge in [-0.25, -0.2) is 13.8 Å². The molecule has 3 aromatic heterocycles. The first-order valence-electron chi connectivity index (χ1n) is 5.39. The number of benzene rings is 1. The molecule has 0 amide bonds. The molecule has 1 nitrogen and oxygen atoms in total. The molecule has 0 atom stereocenters. The van der Waals surface area contributed by atoms with Gasteiger partial charge in [-0.15, -0.1) is 22.7 Å². The topological polar surface area (TPSA) is 12.9 Å². The summed E-state index contributed by atoms with van der Waals surface area (Å²) in [6.07, 6.45) is 0. The van der Waals surface area contributed by atoms with Gasteiger partial charge in [0.05, 0.1) is 8.71 Å². The van der Waals surface area contributed by atoms with E-state index in [1.54, 1.807) is 11.3 Å². The first-order valence-corrected chi connectivity index (χ1v) is 7.47. The minimum atomic E-state index is -0.560. The van der Waals surface area contributed by atoms with Gasteiger partial charge in [-0.2, -0.15) is 0 Å². The first kappa shape index (κ1) is 11.5.